The van der Waals surface area contributed by atoms with Gasteiger partial charge in [0.2, 0.25) is 5.95 Å². The Bertz CT molecular complexity index is 1210. The quantitative estimate of drug-likeness (QED) is 0.378. The van der Waals surface area contributed by atoms with Crippen molar-refractivity contribution in [1.29, 1.82) is 0 Å². The number of morpholine rings is 1. The summed E-state index contributed by atoms with van der Waals surface area (Å²) in [5, 5.41) is 3.45. The highest BCUT2D eigenvalue weighted by molar-refractivity contribution is 5.78. The van der Waals surface area contributed by atoms with Gasteiger partial charge in [0.15, 0.2) is 5.82 Å². The minimum Gasteiger partial charge on any atom is -0.383 e. The van der Waals surface area contributed by atoms with Gasteiger partial charge in [0.25, 0.3) is 6.43 Å². The fourth-order valence-corrected chi connectivity index (χ4v) is 5.76. The predicted octanol–water partition coefficient (Wildman–Crippen LogP) is 4.53. The van der Waals surface area contributed by atoms with Crippen LogP contribution in [0.5, 0.6) is 0 Å². The van der Waals surface area contributed by atoms with E-state index in [0.717, 1.165) is 51.9 Å². The molecular weight excluding hydrogens is 504 g/mol. The molecule has 2 aliphatic rings. The molecule has 0 unspecified atom stereocenters. The summed E-state index contributed by atoms with van der Waals surface area (Å²) in [6, 6.07) is 9.53. The molecule has 11 heteroatoms. The summed E-state index contributed by atoms with van der Waals surface area (Å²) in [5.74, 6) is 1.72. The van der Waals surface area contributed by atoms with Gasteiger partial charge in [-0.15, -0.1) is 0 Å². The first kappa shape index (κ1) is 27.7. The second-order valence-corrected chi connectivity index (χ2v) is 10.3. The van der Waals surface area contributed by atoms with Gasteiger partial charge in [-0.25, -0.2) is 13.8 Å². The van der Waals surface area contributed by atoms with E-state index in [2.05, 4.69) is 27.0 Å². The molecule has 2 aromatic heterocycles. The molecule has 0 bridgehead atoms. The standard InChI is InChI=1S/C28H39F2N7O2/c1-3-35(12-15-38-2)21-10-8-20(9-11-21)19-31-28-33-24(36-13-16-39-17-14-36)18-25(34-28)37-23-7-5-4-6-22(23)32-27(37)26(29)30/h4-7,18,20-21,26H,3,8-17,19H2,1-2H3,(H,31,33,34)/t20-,21-. The lowest BCUT2D eigenvalue weighted by atomic mass is 9.85. The number of halogens is 2. The number of rotatable bonds is 11. The van der Waals surface area contributed by atoms with Gasteiger partial charge >= 0.3 is 0 Å². The number of hydrogen-bond donors (Lipinski definition) is 1. The van der Waals surface area contributed by atoms with Crippen LogP contribution in [0.1, 0.15) is 44.9 Å². The number of imidazole rings is 1. The van der Waals surface area contributed by atoms with Crippen LogP contribution >= 0.6 is 0 Å². The summed E-state index contributed by atoms with van der Waals surface area (Å²) in [6.45, 7) is 8.28. The molecule has 3 aromatic rings. The Morgan fingerprint density at radius 2 is 1.82 bits per heavy atom. The molecule has 0 atom stereocenters. The van der Waals surface area contributed by atoms with Gasteiger partial charge in [-0.05, 0) is 50.3 Å². The zero-order chi connectivity index (χ0) is 27.2. The second kappa shape index (κ2) is 13.0. The molecule has 1 saturated carbocycles. The Balaban J connectivity index is 1.36. The lowest BCUT2D eigenvalue weighted by molar-refractivity contribution is 0.0984. The third-order valence-corrected chi connectivity index (χ3v) is 7.92. The first-order valence-corrected chi connectivity index (χ1v) is 14.0. The number of para-hydroxylation sites is 2. The molecule has 9 nitrogen and oxygen atoms in total. The van der Waals surface area contributed by atoms with Crippen molar-refractivity contribution in [2.24, 2.45) is 5.92 Å². The third-order valence-electron chi connectivity index (χ3n) is 7.92. The molecule has 212 valence electrons. The molecule has 1 aliphatic carbocycles. The number of alkyl halides is 2. The van der Waals surface area contributed by atoms with Gasteiger partial charge in [-0.1, -0.05) is 19.1 Å². The summed E-state index contributed by atoms with van der Waals surface area (Å²) in [4.78, 5) is 18.4. The van der Waals surface area contributed by atoms with E-state index < -0.39 is 6.43 Å². The topological polar surface area (TPSA) is 80.6 Å². The second-order valence-electron chi connectivity index (χ2n) is 10.3. The molecule has 1 saturated heterocycles. The minimum absolute atomic E-state index is 0.318. The van der Waals surface area contributed by atoms with Crippen molar-refractivity contribution in [1.82, 2.24) is 24.4 Å². The van der Waals surface area contributed by atoms with E-state index in [1.165, 1.54) is 4.57 Å². The summed E-state index contributed by atoms with van der Waals surface area (Å²) >= 11 is 0. The number of methoxy groups -OCH3 is 1. The number of hydrogen-bond acceptors (Lipinski definition) is 8. The zero-order valence-electron chi connectivity index (χ0n) is 22.9. The van der Waals surface area contributed by atoms with Crippen molar-refractivity contribution in [3.8, 4) is 5.82 Å². The van der Waals surface area contributed by atoms with Crippen LogP contribution < -0.4 is 10.2 Å². The van der Waals surface area contributed by atoms with E-state index in [9.17, 15) is 8.78 Å². The Hall–Kier alpha value is -2.89. The number of likely N-dealkylation sites (N-methyl/N-ethyl adjacent to an activating group) is 1. The Morgan fingerprint density at radius 3 is 2.54 bits per heavy atom. The van der Waals surface area contributed by atoms with Crippen molar-refractivity contribution < 1.29 is 18.3 Å². The van der Waals surface area contributed by atoms with Crippen molar-refractivity contribution >= 4 is 22.8 Å². The largest absolute Gasteiger partial charge is 0.383 e. The number of benzene rings is 1. The molecule has 1 aliphatic heterocycles. The smallest absolute Gasteiger partial charge is 0.296 e. The van der Waals surface area contributed by atoms with Gasteiger partial charge < -0.3 is 19.7 Å². The van der Waals surface area contributed by atoms with Crippen LogP contribution in [0.2, 0.25) is 0 Å². The van der Waals surface area contributed by atoms with Gasteiger partial charge in [0, 0.05) is 45.4 Å². The molecule has 2 fully saturated rings. The van der Waals surface area contributed by atoms with Crippen molar-refractivity contribution in [3.05, 3.63) is 36.2 Å². The van der Waals surface area contributed by atoms with Crippen molar-refractivity contribution in [2.75, 3.05) is 69.9 Å². The fourth-order valence-electron chi connectivity index (χ4n) is 5.76. The Labute approximate surface area is 228 Å². The number of anilines is 2. The average molecular weight is 544 g/mol. The summed E-state index contributed by atoms with van der Waals surface area (Å²) in [5.41, 5.74) is 1.11. The van der Waals surface area contributed by atoms with Crippen LogP contribution in [0, 0.1) is 5.92 Å². The lowest BCUT2D eigenvalue weighted by Crippen LogP contribution is -2.40. The Kier molecular flexibility index (Phi) is 9.21. The zero-order valence-corrected chi connectivity index (χ0v) is 22.9. The normalized spacial score (nSPS) is 20.3. The molecule has 39 heavy (non-hydrogen) atoms. The first-order valence-electron chi connectivity index (χ1n) is 14.0. The van der Waals surface area contributed by atoms with Crippen LogP contribution in [0.15, 0.2) is 30.3 Å². The van der Waals surface area contributed by atoms with Crippen molar-refractivity contribution in [2.45, 2.75) is 45.1 Å². The van der Waals surface area contributed by atoms with E-state index in [1.54, 1.807) is 31.4 Å². The molecule has 0 spiro atoms. The number of nitrogens with one attached hydrogen (secondary N) is 1. The van der Waals surface area contributed by atoms with Gasteiger partial charge in [-0.3, -0.25) is 9.47 Å². The average Bonchev–Trinajstić information content (AvgIpc) is 3.38. The molecular formula is C28H39F2N7O2. The van der Waals surface area contributed by atoms with E-state index >= 15 is 0 Å². The molecule has 0 radical (unpaired) electrons. The maximum atomic E-state index is 14.1. The van der Waals surface area contributed by atoms with Gasteiger partial charge in [0.1, 0.15) is 11.6 Å². The van der Waals surface area contributed by atoms with Crippen LogP contribution in [-0.2, 0) is 9.47 Å². The van der Waals surface area contributed by atoms with E-state index in [4.69, 9.17) is 19.4 Å². The van der Waals surface area contributed by atoms with Crippen molar-refractivity contribution in [3.63, 3.8) is 0 Å². The number of nitrogens with zero attached hydrogens (tertiary/aromatic N) is 6. The predicted molar refractivity (Wildman–Crippen MR) is 148 cm³/mol. The third kappa shape index (κ3) is 6.47. The van der Waals surface area contributed by atoms with Gasteiger partial charge in [0.05, 0.1) is 30.9 Å². The van der Waals surface area contributed by atoms with E-state index in [-0.39, 0.29) is 5.82 Å². The Morgan fingerprint density at radius 1 is 1.08 bits per heavy atom. The van der Waals surface area contributed by atoms with Gasteiger partial charge in [-0.2, -0.15) is 9.97 Å². The van der Waals surface area contributed by atoms with E-state index in [1.807, 2.05) is 6.07 Å². The monoisotopic (exact) mass is 543 g/mol. The maximum absolute atomic E-state index is 14.1. The van der Waals surface area contributed by atoms with Crippen LogP contribution in [0.25, 0.3) is 16.9 Å². The SMILES string of the molecule is CCN(CCOC)[C@H]1CC[C@H](CNc2nc(N3CCOCC3)cc(-n3c(C(F)F)nc4ccccc43)n2)CC1. The van der Waals surface area contributed by atoms with E-state index in [0.29, 0.717) is 66.9 Å². The summed E-state index contributed by atoms with van der Waals surface area (Å²) < 4.78 is 40.5. The fraction of sp³-hybridized carbons (Fsp3) is 0.607. The minimum atomic E-state index is -2.74. The summed E-state index contributed by atoms with van der Waals surface area (Å²) in [7, 11) is 1.75. The lowest BCUT2D eigenvalue weighted by Gasteiger charge is -2.36. The number of fused-ring (bicyclic) bond motifs is 1. The number of aromatic nitrogens is 4. The molecule has 0 amide bonds. The number of ether oxygens (including phenoxy) is 2. The highest BCUT2D eigenvalue weighted by Gasteiger charge is 2.26. The highest BCUT2D eigenvalue weighted by Crippen LogP contribution is 2.30. The molecule has 5 rings (SSSR count). The highest BCUT2D eigenvalue weighted by atomic mass is 19.3. The first-order chi connectivity index (χ1) is 19.1. The molecule has 3 heterocycles. The van der Waals surface area contributed by atoms with Crippen LogP contribution in [0.4, 0.5) is 20.5 Å². The van der Waals surface area contributed by atoms with Crippen LogP contribution in [-0.4, -0.2) is 90.1 Å². The summed E-state index contributed by atoms with van der Waals surface area (Å²) in [6.07, 6.45) is 1.82. The molecule has 1 N–H and O–H groups in total. The maximum Gasteiger partial charge on any atom is 0.296 e. The van der Waals surface area contributed by atoms with Crippen LogP contribution in [0.3, 0.4) is 0 Å². The molecule has 1 aromatic carbocycles.